The number of carbonyl (C=O) groups excluding carboxylic acids is 2. The van der Waals surface area contributed by atoms with Gasteiger partial charge in [-0.25, -0.2) is 8.42 Å². The molecule has 0 bridgehead atoms. The van der Waals surface area contributed by atoms with Crippen molar-refractivity contribution in [3.8, 4) is 11.5 Å². The van der Waals surface area contributed by atoms with Gasteiger partial charge in [-0.05, 0) is 73.5 Å². The molecular formula is C34H36ClN3O5S. The van der Waals surface area contributed by atoms with Gasteiger partial charge in [-0.2, -0.15) is 0 Å². The molecule has 4 aromatic carbocycles. The van der Waals surface area contributed by atoms with E-state index in [0.29, 0.717) is 28.6 Å². The van der Waals surface area contributed by atoms with E-state index in [1.807, 2.05) is 37.3 Å². The number of rotatable bonds is 14. The number of benzene rings is 4. The number of nitrogens with one attached hydrogen (secondary N) is 1. The van der Waals surface area contributed by atoms with Crippen LogP contribution >= 0.6 is 11.6 Å². The van der Waals surface area contributed by atoms with E-state index in [-0.39, 0.29) is 23.0 Å². The van der Waals surface area contributed by atoms with Gasteiger partial charge in [0.1, 0.15) is 24.1 Å². The predicted molar refractivity (Wildman–Crippen MR) is 173 cm³/mol. The topological polar surface area (TPSA) is 96.0 Å². The molecular weight excluding hydrogens is 598 g/mol. The van der Waals surface area contributed by atoms with Crippen LogP contribution in [0, 0.1) is 0 Å². The average Bonchev–Trinajstić information content (AvgIpc) is 3.04. The first-order chi connectivity index (χ1) is 21.2. The zero-order valence-electron chi connectivity index (χ0n) is 24.7. The lowest BCUT2D eigenvalue weighted by Crippen LogP contribution is -2.51. The fourth-order valence-electron chi connectivity index (χ4n) is 4.48. The number of amides is 2. The molecule has 10 heteroatoms. The zero-order valence-corrected chi connectivity index (χ0v) is 26.3. The van der Waals surface area contributed by atoms with Crippen LogP contribution in [0.15, 0.2) is 114 Å². The SMILES string of the molecule is CCCCNC(=O)[C@H](C)N(Cc1ccccc1Cl)C(=O)CN(c1ccc(Oc2ccccc2)cc1)S(=O)(=O)c1ccccc1. The lowest BCUT2D eigenvalue weighted by molar-refractivity contribution is -0.139. The van der Waals surface area contributed by atoms with Crippen molar-refractivity contribution >= 4 is 39.1 Å². The van der Waals surface area contributed by atoms with Crippen LogP contribution in [0.5, 0.6) is 11.5 Å². The molecule has 4 aromatic rings. The number of hydrogen-bond acceptors (Lipinski definition) is 5. The van der Waals surface area contributed by atoms with E-state index >= 15 is 0 Å². The van der Waals surface area contributed by atoms with Crippen LogP contribution in [-0.2, 0) is 26.2 Å². The maximum atomic E-state index is 14.1. The van der Waals surface area contributed by atoms with Crippen LogP contribution in [-0.4, -0.2) is 44.3 Å². The van der Waals surface area contributed by atoms with Crippen molar-refractivity contribution in [1.82, 2.24) is 10.2 Å². The van der Waals surface area contributed by atoms with E-state index in [1.54, 1.807) is 73.7 Å². The van der Waals surface area contributed by atoms with Crippen molar-refractivity contribution in [2.45, 2.75) is 44.2 Å². The first-order valence-electron chi connectivity index (χ1n) is 14.4. The maximum absolute atomic E-state index is 14.1. The summed E-state index contributed by atoms with van der Waals surface area (Å²) in [6.45, 7) is 3.59. The largest absolute Gasteiger partial charge is 0.457 e. The van der Waals surface area contributed by atoms with Crippen molar-refractivity contribution < 1.29 is 22.7 Å². The molecule has 0 saturated heterocycles. The highest BCUT2D eigenvalue weighted by atomic mass is 35.5. The van der Waals surface area contributed by atoms with Gasteiger partial charge in [0.05, 0.1) is 10.6 Å². The highest BCUT2D eigenvalue weighted by Crippen LogP contribution is 2.29. The molecule has 0 unspecified atom stereocenters. The number of carbonyl (C=O) groups is 2. The Kier molecular flexibility index (Phi) is 11.4. The number of halogens is 1. The van der Waals surface area contributed by atoms with Crippen molar-refractivity contribution in [3.05, 3.63) is 120 Å². The monoisotopic (exact) mass is 633 g/mol. The Hall–Kier alpha value is -4.34. The van der Waals surface area contributed by atoms with Crippen LogP contribution in [0.1, 0.15) is 32.3 Å². The molecule has 44 heavy (non-hydrogen) atoms. The normalized spacial score (nSPS) is 11.8. The smallest absolute Gasteiger partial charge is 0.264 e. The lowest BCUT2D eigenvalue weighted by atomic mass is 10.1. The molecule has 0 aromatic heterocycles. The summed E-state index contributed by atoms with van der Waals surface area (Å²) in [6.07, 6.45) is 1.70. The standard InChI is InChI=1S/C34H36ClN3O5S/c1-3-4-23-36-34(40)26(2)37(24-27-13-11-12-18-32(27)35)33(39)25-38(44(41,42)31-16-9-6-10-17-31)28-19-21-30(22-20-28)43-29-14-7-5-8-15-29/h5-22,26H,3-4,23-25H2,1-2H3,(H,36,40)/t26-/m0/s1. The molecule has 0 radical (unpaired) electrons. The maximum Gasteiger partial charge on any atom is 0.264 e. The van der Waals surface area contributed by atoms with E-state index in [0.717, 1.165) is 17.1 Å². The van der Waals surface area contributed by atoms with Crippen molar-refractivity contribution in [2.75, 3.05) is 17.4 Å². The number of para-hydroxylation sites is 1. The number of anilines is 1. The van der Waals surface area contributed by atoms with Gasteiger partial charge in [0.2, 0.25) is 11.8 Å². The molecule has 1 N–H and O–H groups in total. The van der Waals surface area contributed by atoms with Gasteiger partial charge < -0.3 is 15.0 Å². The van der Waals surface area contributed by atoms with Gasteiger partial charge in [0.25, 0.3) is 10.0 Å². The van der Waals surface area contributed by atoms with Gasteiger partial charge in [-0.3, -0.25) is 13.9 Å². The highest BCUT2D eigenvalue weighted by Gasteiger charge is 2.32. The molecule has 0 saturated carbocycles. The molecule has 0 aliphatic heterocycles. The third-order valence-electron chi connectivity index (χ3n) is 7.01. The van der Waals surface area contributed by atoms with Crippen molar-refractivity contribution in [3.63, 3.8) is 0 Å². The second-order valence-electron chi connectivity index (χ2n) is 10.2. The minimum atomic E-state index is -4.18. The Labute approximate surface area is 264 Å². The highest BCUT2D eigenvalue weighted by molar-refractivity contribution is 7.92. The predicted octanol–water partition coefficient (Wildman–Crippen LogP) is 6.66. The number of sulfonamides is 1. The summed E-state index contributed by atoms with van der Waals surface area (Å²) in [5.74, 6) is 0.234. The molecule has 0 spiro atoms. The molecule has 2 amide bonds. The fraction of sp³-hybridized carbons (Fsp3) is 0.235. The number of hydrogen-bond donors (Lipinski definition) is 1. The Balaban J connectivity index is 1.68. The third-order valence-corrected chi connectivity index (χ3v) is 9.17. The zero-order chi connectivity index (χ0) is 31.5. The number of ether oxygens (including phenoxy) is 1. The second kappa shape index (κ2) is 15.4. The minimum Gasteiger partial charge on any atom is -0.457 e. The van der Waals surface area contributed by atoms with Gasteiger partial charge >= 0.3 is 0 Å². The molecule has 230 valence electrons. The molecule has 1 atom stereocenters. The molecule has 0 aliphatic carbocycles. The Bertz CT molecular complexity index is 1630. The van der Waals surface area contributed by atoms with E-state index in [9.17, 15) is 18.0 Å². The second-order valence-corrected chi connectivity index (χ2v) is 12.4. The van der Waals surface area contributed by atoms with Crippen molar-refractivity contribution in [2.24, 2.45) is 0 Å². The Morgan fingerprint density at radius 3 is 2.07 bits per heavy atom. The summed E-state index contributed by atoms with van der Waals surface area (Å²) in [4.78, 5) is 28.6. The summed E-state index contributed by atoms with van der Waals surface area (Å²) in [7, 11) is -4.18. The van der Waals surface area contributed by atoms with Gasteiger partial charge in [0.15, 0.2) is 0 Å². The first-order valence-corrected chi connectivity index (χ1v) is 16.2. The molecule has 0 aliphatic rings. The molecule has 0 fully saturated rings. The van der Waals surface area contributed by atoms with Gasteiger partial charge in [0, 0.05) is 18.1 Å². The van der Waals surface area contributed by atoms with Gasteiger partial charge in [-0.15, -0.1) is 0 Å². The minimum absolute atomic E-state index is 0.0178. The molecule has 4 rings (SSSR count). The van der Waals surface area contributed by atoms with E-state index < -0.39 is 28.5 Å². The van der Waals surface area contributed by atoms with E-state index in [2.05, 4.69) is 5.32 Å². The van der Waals surface area contributed by atoms with Crippen LogP contribution in [0.4, 0.5) is 5.69 Å². The van der Waals surface area contributed by atoms with Crippen LogP contribution in [0.2, 0.25) is 5.02 Å². The summed E-state index contributed by atoms with van der Waals surface area (Å²) < 4.78 is 34.9. The van der Waals surface area contributed by atoms with Crippen LogP contribution in [0.3, 0.4) is 0 Å². The van der Waals surface area contributed by atoms with Crippen LogP contribution in [0.25, 0.3) is 0 Å². The van der Waals surface area contributed by atoms with Gasteiger partial charge in [-0.1, -0.05) is 79.5 Å². The average molecular weight is 634 g/mol. The third kappa shape index (κ3) is 8.39. The summed E-state index contributed by atoms with van der Waals surface area (Å²) in [6, 6.07) is 29.7. The summed E-state index contributed by atoms with van der Waals surface area (Å²) >= 11 is 6.43. The van der Waals surface area contributed by atoms with E-state index in [1.165, 1.54) is 17.0 Å². The number of nitrogens with zero attached hydrogens (tertiary/aromatic N) is 2. The molecule has 0 heterocycles. The van der Waals surface area contributed by atoms with E-state index in [4.69, 9.17) is 16.3 Å². The Morgan fingerprint density at radius 1 is 0.841 bits per heavy atom. The van der Waals surface area contributed by atoms with Crippen LogP contribution < -0.4 is 14.4 Å². The lowest BCUT2D eigenvalue weighted by Gasteiger charge is -2.32. The molecule has 8 nitrogen and oxygen atoms in total. The Morgan fingerprint density at radius 2 is 1.43 bits per heavy atom. The fourth-order valence-corrected chi connectivity index (χ4v) is 6.11. The van der Waals surface area contributed by atoms with Crippen molar-refractivity contribution in [1.29, 1.82) is 0 Å². The quantitative estimate of drug-likeness (QED) is 0.157. The first kappa shape index (κ1) is 32.6. The number of unbranched alkanes of at least 4 members (excludes halogenated alkanes) is 1. The summed E-state index contributed by atoms with van der Waals surface area (Å²) in [5.41, 5.74) is 0.899. The summed E-state index contributed by atoms with van der Waals surface area (Å²) in [5, 5.41) is 3.31.